The number of hydrogen-bond donors (Lipinski definition) is 3. The molecule has 4 aliphatic rings. The molecule has 1 aromatic heterocycles. The zero-order valence-corrected chi connectivity index (χ0v) is 17.5. The largest absolute Gasteiger partial charge is 0.504 e. The fourth-order valence-electron chi connectivity index (χ4n) is 7.10. The van der Waals surface area contributed by atoms with Crippen molar-refractivity contribution in [3.05, 3.63) is 64.3 Å². The third-order valence-corrected chi connectivity index (χ3v) is 8.41. The van der Waals surface area contributed by atoms with Gasteiger partial charge in [-0.05, 0) is 49.7 Å². The molecule has 4 atom stereocenters. The van der Waals surface area contributed by atoms with Crippen LogP contribution in [-0.2, 0) is 18.3 Å². The lowest BCUT2D eigenvalue weighted by Crippen LogP contribution is -2.74. The molecule has 2 bridgehead atoms. The van der Waals surface area contributed by atoms with Gasteiger partial charge in [0.2, 0.25) is 0 Å². The van der Waals surface area contributed by atoms with Crippen molar-refractivity contribution in [2.45, 2.75) is 42.4 Å². The molecule has 3 unspecified atom stereocenters. The number of hydrogen-bond acceptors (Lipinski definition) is 6. The van der Waals surface area contributed by atoms with Crippen LogP contribution in [0.1, 0.15) is 45.3 Å². The third kappa shape index (κ3) is 1.83. The Morgan fingerprint density at radius 2 is 2.06 bits per heavy atom. The number of likely N-dealkylation sites (tertiary alicyclic amines) is 1. The Kier molecular flexibility index (Phi) is 3.22. The third-order valence-electron chi connectivity index (χ3n) is 8.41. The molecule has 32 heavy (non-hydrogen) atoms. The highest BCUT2D eigenvalue weighted by molar-refractivity contribution is 6.04. The topological polar surface area (TPSA) is 103 Å². The van der Waals surface area contributed by atoms with Crippen molar-refractivity contribution in [1.29, 1.82) is 0 Å². The Labute approximate surface area is 183 Å². The minimum atomic E-state index is -1.24. The number of aromatic carboxylic acids is 1. The van der Waals surface area contributed by atoms with Crippen LogP contribution in [0.15, 0.2) is 36.4 Å². The van der Waals surface area contributed by atoms with E-state index in [2.05, 4.69) is 4.90 Å². The van der Waals surface area contributed by atoms with E-state index in [0.29, 0.717) is 40.8 Å². The van der Waals surface area contributed by atoms with E-state index in [0.717, 1.165) is 17.7 Å². The maximum absolute atomic E-state index is 12.5. The summed E-state index contributed by atoms with van der Waals surface area (Å²) in [5, 5.41) is 33.9. The fraction of sp³-hybridized carbons (Fsp3) is 0.360. The second-order valence-corrected chi connectivity index (χ2v) is 9.64. The quantitative estimate of drug-likeness (QED) is 0.545. The highest BCUT2D eigenvalue weighted by atomic mass is 16.5. The van der Waals surface area contributed by atoms with Gasteiger partial charge in [0.1, 0.15) is 0 Å². The molecule has 7 heteroatoms. The zero-order valence-electron chi connectivity index (χ0n) is 17.5. The van der Waals surface area contributed by atoms with Gasteiger partial charge in [-0.15, -0.1) is 0 Å². The molecule has 2 aliphatic carbocycles. The summed E-state index contributed by atoms with van der Waals surface area (Å²) in [5.41, 5.74) is 1.82. The first-order valence-corrected chi connectivity index (χ1v) is 11.0. The number of ether oxygens (including phenoxy) is 1. The van der Waals surface area contributed by atoms with Crippen molar-refractivity contribution in [2.75, 3.05) is 13.6 Å². The molecule has 3 N–H and O–H groups in total. The van der Waals surface area contributed by atoms with Gasteiger partial charge >= 0.3 is 5.97 Å². The first-order valence-electron chi connectivity index (χ1n) is 11.0. The first-order chi connectivity index (χ1) is 15.4. The molecule has 1 spiro atoms. The number of carboxylic acids is 1. The number of aromatic hydroxyl groups is 1. The summed E-state index contributed by atoms with van der Waals surface area (Å²) in [4.78, 5) is 19.5. The van der Waals surface area contributed by atoms with Crippen LogP contribution in [-0.4, -0.2) is 56.4 Å². The monoisotopic (exact) mass is 430 g/mol. The van der Waals surface area contributed by atoms with E-state index in [1.807, 2.05) is 25.2 Å². The van der Waals surface area contributed by atoms with Crippen LogP contribution in [0.3, 0.4) is 0 Å². The normalized spacial score (nSPS) is 31.7. The lowest BCUT2D eigenvalue weighted by molar-refractivity contribution is -0.168. The van der Waals surface area contributed by atoms with Crippen molar-refractivity contribution in [3.8, 4) is 11.5 Å². The Bertz CT molecular complexity index is 1370. The molecular weight excluding hydrogens is 408 g/mol. The predicted molar refractivity (Wildman–Crippen MR) is 115 cm³/mol. The fourth-order valence-corrected chi connectivity index (χ4v) is 7.10. The Morgan fingerprint density at radius 1 is 1.25 bits per heavy atom. The second-order valence-electron chi connectivity index (χ2n) is 9.64. The number of fused-ring (bicyclic) bond motifs is 3. The molecule has 0 radical (unpaired) electrons. The SMILES string of the molecule is CN1CC[C@]23c4c5ccc(O)c4OC2c2nc4ccccc4c(C(=O)O)c2CC3(O)C1C5. The van der Waals surface area contributed by atoms with Gasteiger partial charge in [-0.2, -0.15) is 0 Å². The number of aliphatic hydroxyl groups is 1. The molecule has 0 saturated carbocycles. The number of carbonyl (C=O) groups is 1. The van der Waals surface area contributed by atoms with E-state index in [9.17, 15) is 20.1 Å². The molecule has 7 rings (SSSR count). The highest BCUT2D eigenvalue weighted by Gasteiger charge is 2.72. The Balaban J connectivity index is 1.62. The average molecular weight is 430 g/mol. The molecule has 1 saturated heterocycles. The summed E-state index contributed by atoms with van der Waals surface area (Å²) in [5.74, 6) is -0.575. The number of aromatic nitrogens is 1. The summed E-state index contributed by atoms with van der Waals surface area (Å²) in [6.07, 6.45) is 0.788. The van der Waals surface area contributed by atoms with E-state index in [1.165, 1.54) is 0 Å². The highest BCUT2D eigenvalue weighted by Crippen LogP contribution is 2.68. The van der Waals surface area contributed by atoms with E-state index in [4.69, 9.17) is 9.72 Å². The lowest BCUT2D eigenvalue weighted by Gasteiger charge is -2.62. The number of benzene rings is 2. The number of piperidine rings is 1. The van der Waals surface area contributed by atoms with Crippen LogP contribution in [0.4, 0.5) is 0 Å². The number of carboxylic acid groups (broad SMARTS) is 1. The summed E-state index contributed by atoms with van der Waals surface area (Å²) in [7, 11) is 2.01. The van der Waals surface area contributed by atoms with Crippen LogP contribution in [0.2, 0.25) is 0 Å². The van der Waals surface area contributed by atoms with E-state index in [1.54, 1.807) is 18.2 Å². The van der Waals surface area contributed by atoms with E-state index in [-0.39, 0.29) is 23.8 Å². The molecule has 162 valence electrons. The van der Waals surface area contributed by atoms with Crippen LogP contribution in [0, 0.1) is 0 Å². The van der Waals surface area contributed by atoms with Crippen molar-refractivity contribution in [3.63, 3.8) is 0 Å². The zero-order chi connectivity index (χ0) is 22.0. The standard InChI is InChI=1S/C25H22N2O5/c1-27-9-8-24-19-12-6-7-16(28)21(19)32-22(24)20-14(11-25(24,31)17(27)10-12)18(23(29)30)13-4-2-3-5-15(13)26-20/h2-7,17,22,28,31H,8-11H2,1H3,(H,29,30)/t17?,22?,24-,25?/m0/s1. The number of phenolic OH excluding ortho intramolecular Hbond substituents is 1. The second kappa shape index (κ2) is 5.60. The van der Waals surface area contributed by atoms with Crippen molar-refractivity contribution >= 4 is 16.9 Å². The molecule has 0 amide bonds. The molecule has 3 aromatic rings. The minimum Gasteiger partial charge on any atom is -0.504 e. The number of rotatable bonds is 1. The smallest absolute Gasteiger partial charge is 0.336 e. The Morgan fingerprint density at radius 3 is 2.88 bits per heavy atom. The van der Waals surface area contributed by atoms with Crippen LogP contribution in [0.5, 0.6) is 11.5 Å². The number of likely N-dealkylation sites (N-methyl/N-ethyl adjacent to an activating group) is 1. The van der Waals surface area contributed by atoms with Gasteiger partial charge in [0.25, 0.3) is 0 Å². The minimum absolute atomic E-state index is 0.0491. The van der Waals surface area contributed by atoms with Gasteiger partial charge in [-0.1, -0.05) is 24.3 Å². The maximum Gasteiger partial charge on any atom is 0.336 e. The number of para-hydroxylation sites is 1. The summed E-state index contributed by atoms with van der Waals surface area (Å²) in [6, 6.07) is 10.6. The molecule has 3 heterocycles. The van der Waals surface area contributed by atoms with Gasteiger partial charge in [-0.25, -0.2) is 9.78 Å². The van der Waals surface area contributed by atoms with Crippen LogP contribution >= 0.6 is 0 Å². The maximum atomic E-state index is 12.5. The number of pyridine rings is 1. The van der Waals surface area contributed by atoms with Gasteiger partial charge in [0, 0.05) is 23.4 Å². The van der Waals surface area contributed by atoms with Gasteiger partial charge in [0.15, 0.2) is 17.6 Å². The van der Waals surface area contributed by atoms with Gasteiger partial charge in [-0.3, -0.25) is 0 Å². The summed E-state index contributed by atoms with van der Waals surface area (Å²) in [6.45, 7) is 0.774. The van der Waals surface area contributed by atoms with E-state index >= 15 is 0 Å². The van der Waals surface area contributed by atoms with Gasteiger partial charge < -0.3 is 25.0 Å². The van der Waals surface area contributed by atoms with Crippen molar-refractivity contribution in [1.82, 2.24) is 9.88 Å². The number of nitrogens with zero attached hydrogens (tertiary/aromatic N) is 2. The lowest BCUT2D eigenvalue weighted by atomic mass is 9.48. The Hall–Kier alpha value is -3.16. The molecular formula is C25H22N2O5. The number of phenols is 1. The van der Waals surface area contributed by atoms with Crippen molar-refractivity contribution < 1.29 is 24.9 Å². The first kappa shape index (κ1) is 18.4. The summed E-state index contributed by atoms with van der Waals surface area (Å²) < 4.78 is 6.44. The van der Waals surface area contributed by atoms with Crippen molar-refractivity contribution in [2.24, 2.45) is 0 Å². The van der Waals surface area contributed by atoms with Crippen LogP contribution < -0.4 is 4.74 Å². The summed E-state index contributed by atoms with van der Waals surface area (Å²) >= 11 is 0. The van der Waals surface area contributed by atoms with Crippen LogP contribution in [0.25, 0.3) is 10.9 Å². The predicted octanol–water partition coefficient (Wildman–Crippen LogP) is 2.56. The average Bonchev–Trinajstić information content (AvgIpc) is 3.12. The molecule has 7 nitrogen and oxygen atoms in total. The molecule has 1 fully saturated rings. The van der Waals surface area contributed by atoms with E-state index < -0.39 is 23.1 Å². The molecule has 2 aromatic carbocycles. The van der Waals surface area contributed by atoms with Gasteiger partial charge in [0.05, 0.1) is 27.8 Å². The molecule has 2 aliphatic heterocycles.